The molecule has 0 aliphatic heterocycles. The maximum Gasteiger partial charge on any atom is 0.230 e. The highest BCUT2D eigenvalue weighted by Crippen LogP contribution is 2.34. The van der Waals surface area contributed by atoms with Gasteiger partial charge in [0.2, 0.25) is 18.8 Å². The zero-order valence-corrected chi connectivity index (χ0v) is 14.4. The van der Waals surface area contributed by atoms with Crippen LogP contribution in [0.4, 0.5) is 0 Å². The van der Waals surface area contributed by atoms with Gasteiger partial charge in [0, 0.05) is 0 Å². The molecule has 3 radical (unpaired) electrons. The van der Waals surface area contributed by atoms with Crippen molar-refractivity contribution < 1.29 is 4.12 Å². The average Bonchev–Trinajstić information content (AvgIpc) is 2.30. The lowest BCUT2D eigenvalue weighted by molar-refractivity contribution is 0.562. The fourth-order valence-electron chi connectivity index (χ4n) is 2.94. The summed E-state index contributed by atoms with van der Waals surface area (Å²) < 4.78 is 5.98. The van der Waals surface area contributed by atoms with Gasteiger partial charge in [-0.1, -0.05) is 65.8 Å². The van der Waals surface area contributed by atoms with Crippen molar-refractivity contribution in [1.82, 2.24) is 0 Å². The Morgan fingerprint density at radius 2 is 1.44 bits per heavy atom. The molecule has 0 unspecified atom stereocenters. The summed E-state index contributed by atoms with van der Waals surface area (Å²) in [4.78, 5) is 0. The summed E-state index contributed by atoms with van der Waals surface area (Å²) in [6.07, 6.45) is 0. The zero-order valence-electron chi connectivity index (χ0n) is 12.4. The normalized spacial score (nSPS) is 12.8. The lowest BCUT2D eigenvalue weighted by Crippen LogP contribution is -2.57. The second-order valence-electron chi connectivity index (χ2n) is 5.95. The summed E-state index contributed by atoms with van der Waals surface area (Å²) in [7, 11) is 1.42. The first-order valence-electron chi connectivity index (χ1n) is 6.82. The van der Waals surface area contributed by atoms with Crippen molar-refractivity contribution >= 4 is 24.0 Å². The largest absolute Gasteiger partial charge is 0.453 e. The van der Waals surface area contributed by atoms with E-state index >= 15 is 0 Å². The molecule has 0 aliphatic rings. The molecule has 0 amide bonds. The van der Waals surface area contributed by atoms with E-state index in [4.69, 9.17) is 4.12 Å². The zero-order chi connectivity index (χ0) is 13.9. The Labute approximate surface area is 117 Å². The van der Waals surface area contributed by atoms with Crippen molar-refractivity contribution in [2.24, 2.45) is 0 Å². The summed E-state index contributed by atoms with van der Waals surface area (Å²) in [5.74, 6) is 0.535. The SMILES string of the molecule is CC(C)c1ccccc1[Si](O[Si])(C(C)C)C(C)C. The molecule has 0 saturated heterocycles. The van der Waals surface area contributed by atoms with Crippen LogP contribution in [-0.4, -0.2) is 18.8 Å². The molecule has 0 aliphatic carbocycles. The quantitative estimate of drug-likeness (QED) is 0.742. The van der Waals surface area contributed by atoms with E-state index in [0.717, 1.165) is 0 Å². The fourth-order valence-corrected chi connectivity index (χ4v) is 9.02. The van der Waals surface area contributed by atoms with Crippen LogP contribution in [0.5, 0.6) is 0 Å². The molecule has 0 heterocycles. The Bertz CT molecular complexity index is 378. The highest BCUT2D eigenvalue weighted by molar-refractivity contribution is 6.90. The van der Waals surface area contributed by atoms with Crippen LogP contribution in [0.1, 0.15) is 53.0 Å². The molecule has 0 N–H and O–H groups in total. The van der Waals surface area contributed by atoms with Crippen molar-refractivity contribution in [2.45, 2.75) is 58.5 Å². The highest BCUT2D eigenvalue weighted by atomic mass is 28.4. The van der Waals surface area contributed by atoms with E-state index in [0.29, 0.717) is 17.0 Å². The van der Waals surface area contributed by atoms with Crippen LogP contribution >= 0.6 is 0 Å². The first-order valence-corrected chi connectivity index (χ1v) is 9.29. The molecule has 0 bridgehead atoms. The van der Waals surface area contributed by atoms with Crippen molar-refractivity contribution in [2.75, 3.05) is 0 Å². The van der Waals surface area contributed by atoms with Crippen LogP contribution in [-0.2, 0) is 4.12 Å². The Balaban J connectivity index is 3.47. The van der Waals surface area contributed by atoms with Crippen molar-refractivity contribution in [1.29, 1.82) is 0 Å². The molecular weight excluding hydrogens is 252 g/mol. The van der Waals surface area contributed by atoms with Gasteiger partial charge < -0.3 is 4.12 Å². The van der Waals surface area contributed by atoms with Crippen LogP contribution in [0.2, 0.25) is 11.1 Å². The molecule has 0 aromatic heterocycles. The van der Waals surface area contributed by atoms with E-state index in [1.807, 2.05) is 0 Å². The maximum absolute atomic E-state index is 5.98. The van der Waals surface area contributed by atoms with E-state index in [-0.39, 0.29) is 0 Å². The van der Waals surface area contributed by atoms with Gasteiger partial charge >= 0.3 is 0 Å². The summed E-state index contributed by atoms with van der Waals surface area (Å²) in [6.45, 7) is 13.6. The van der Waals surface area contributed by atoms with E-state index in [1.54, 1.807) is 0 Å². The summed E-state index contributed by atoms with van der Waals surface area (Å²) in [5, 5.41) is 1.44. The molecule has 3 heteroatoms. The smallest absolute Gasteiger partial charge is 0.230 e. The Kier molecular flexibility index (Phi) is 5.37. The van der Waals surface area contributed by atoms with Crippen LogP contribution in [0.15, 0.2) is 24.3 Å². The first-order chi connectivity index (χ1) is 8.37. The lowest BCUT2D eigenvalue weighted by atomic mass is 10.0. The second kappa shape index (κ2) is 6.17. The number of benzene rings is 1. The second-order valence-corrected chi connectivity index (χ2v) is 11.2. The molecule has 0 spiro atoms. The van der Waals surface area contributed by atoms with Crippen molar-refractivity contribution in [3.8, 4) is 0 Å². The molecule has 0 fully saturated rings. The molecule has 1 nitrogen and oxygen atoms in total. The molecule has 0 atom stereocenters. The van der Waals surface area contributed by atoms with Crippen LogP contribution < -0.4 is 5.19 Å². The van der Waals surface area contributed by atoms with E-state index in [2.05, 4.69) is 76.3 Å². The molecule has 99 valence electrons. The van der Waals surface area contributed by atoms with Gasteiger partial charge in [-0.05, 0) is 27.8 Å². The molecular formula is C15H25OSi2. The van der Waals surface area contributed by atoms with Gasteiger partial charge in [0.1, 0.15) is 0 Å². The van der Waals surface area contributed by atoms with Gasteiger partial charge in [-0.2, -0.15) is 0 Å². The Morgan fingerprint density at radius 3 is 1.83 bits per heavy atom. The third kappa shape index (κ3) is 2.63. The number of hydrogen-bond acceptors (Lipinski definition) is 1. The van der Waals surface area contributed by atoms with Gasteiger partial charge in [0.05, 0.1) is 0 Å². The highest BCUT2D eigenvalue weighted by Gasteiger charge is 2.44. The van der Waals surface area contributed by atoms with Crippen LogP contribution in [0.3, 0.4) is 0 Å². The molecule has 1 aromatic rings. The van der Waals surface area contributed by atoms with Gasteiger partial charge in [0.15, 0.2) is 0 Å². The van der Waals surface area contributed by atoms with Crippen molar-refractivity contribution in [3.05, 3.63) is 29.8 Å². The summed E-state index contributed by atoms with van der Waals surface area (Å²) in [5.41, 5.74) is 2.51. The number of hydrogen-bond donors (Lipinski definition) is 0. The maximum atomic E-state index is 5.98. The summed E-state index contributed by atoms with van der Waals surface area (Å²) >= 11 is 0. The predicted octanol–water partition coefficient (Wildman–Crippen LogP) is 3.88. The third-order valence-corrected chi connectivity index (χ3v) is 9.97. The van der Waals surface area contributed by atoms with E-state index < -0.39 is 8.32 Å². The molecule has 1 aromatic carbocycles. The Hall–Kier alpha value is -0.386. The molecule has 18 heavy (non-hydrogen) atoms. The van der Waals surface area contributed by atoms with Crippen LogP contribution in [0.25, 0.3) is 0 Å². The standard InChI is InChI=1S/C15H25OSi2/c1-11(2)14-9-7-8-10-15(14)18(16-17,12(3)4)13(5)6/h7-13H,1-6H3. The minimum atomic E-state index is -1.99. The Morgan fingerprint density at radius 1 is 0.944 bits per heavy atom. The summed E-state index contributed by atoms with van der Waals surface area (Å²) in [6, 6.07) is 8.78. The first kappa shape index (κ1) is 15.7. The van der Waals surface area contributed by atoms with Gasteiger partial charge in [-0.3, -0.25) is 0 Å². The minimum absolute atomic E-state index is 0.535. The lowest BCUT2D eigenvalue weighted by Gasteiger charge is -2.40. The minimum Gasteiger partial charge on any atom is -0.453 e. The predicted molar refractivity (Wildman–Crippen MR) is 83.0 cm³/mol. The fraction of sp³-hybridized carbons (Fsp3) is 0.600. The van der Waals surface area contributed by atoms with Crippen LogP contribution in [0, 0.1) is 0 Å². The molecule has 0 saturated carbocycles. The average molecular weight is 278 g/mol. The van der Waals surface area contributed by atoms with E-state index in [1.165, 1.54) is 10.8 Å². The topological polar surface area (TPSA) is 9.23 Å². The van der Waals surface area contributed by atoms with Gasteiger partial charge in [-0.15, -0.1) is 0 Å². The van der Waals surface area contributed by atoms with E-state index in [9.17, 15) is 0 Å². The van der Waals surface area contributed by atoms with Gasteiger partial charge in [-0.25, -0.2) is 0 Å². The van der Waals surface area contributed by atoms with Crippen molar-refractivity contribution in [3.63, 3.8) is 0 Å². The number of rotatable bonds is 5. The third-order valence-electron chi connectivity index (χ3n) is 3.89. The monoisotopic (exact) mass is 277 g/mol. The van der Waals surface area contributed by atoms with Gasteiger partial charge in [0.25, 0.3) is 0 Å². The molecule has 1 rings (SSSR count).